The maximum atomic E-state index is 13.5. The predicted molar refractivity (Wildman–Crippen MR) is 153 cm³/mol. The van der Waals surface area contributed by atoms with E-state index in [1.165, 1.54) is 59.9 Å². The van der Waals surface area contributed by atoms with Crippen molar-refractivity contribution in [3.63, 3.8) is 0 Å². The lowest BCUT2D eigenvalue weighted by Gasteiger charge is -2.24. The Hall–Kier alpha value is -2.88. The van der Waals surface area contributed by atoms with Crippen molar-refractivity contribution in [2.75, 3.05) is 7.11 Å². The minimum absolute atomic E-state index is 0.0633. The molecule has 38 heavy (non-hydrogen) atoms. The summed E-state index contributed by atoms with van der Waals surface area (Å²) >= 11 is 0. The van der Waals surface area contributed by atoms with E-state index in [0.29, 0.717) is 31.1 Å². The molecule has 2 aromatic carbocycles. The second-order valence-corrected chi connectivity index (χ2v) is 13.2. The van der Waals surface area contributed by atoms with Crippen molar-refractivity contribution in [2.24, 2.45) is 10.8 Å². The number of aromatic nitrogens is 1. The number of ketones is 2. The summed E-state index contributed by atoms with van der Waals surface area (Å²) in [5.41, 5.74) is 6.69. The van der Waals surface area contributed by atoms with Crippen LogP contribution in [0.2, 0.25) is 0 Å². The molecule has 0 spiro atoms. The molecule has 2 fully saturated rings. The van der Waals surface area contributed by atoms with Crippen LogP contribution in [-0.2, 0) is 11.3 Å². The first-order chi connectivity index (χ1) is 18.2. The minimum atomic E-state index is -0.373. The lowest BCUT2D eigenvalue weighted by molar-refractivity contribution is -0.124. The predicted octanol–water partition coefficient (Wildman–Crippen LogP) is 8.45. The van der Waals surface area contributed by atoms with E-state index in [4.69, 9.17) is 4.74 Å². The standard InChI is InChI=1S/C34H41NO3/c1-6-30(37)34-18-27(34)26-17-23(38-5)13-15-24(26)32-31(21-10-8-7-9-11-21)25-14-12-22(16-28(25)35(32)20-34)29(36)19-33(2,3)4/h12-17,21,27H,6-11,18-20H2,1-5H3. The fraction of sp³-hybridized carbons (Fsp3) is 0.529. The zero-order valence-electron chi connectivity index (χ0n) is 23.7. The molecule has 200 valence electrons. The van der Waals surface area contributed by atoms with Gasteiger partial charge in [0.1, 0.15) is 11.5 Å². The van der Waals surface area contributed by atoms with E-state index in [1.54, 1.807) is 7.11 Å². The minimum Gasteiger partial charge on any atom is -0.497 e. The van der Waals surface area contributed by atoms with Gasteiger partial charge in [0, 0.05) is 47.3 Å². The average molecular weight is 512 g/mol. The highest BCUT2D eigenvalue weighted by Crippen LogP contribution is 2.66. The quantitative estimate of drug-likeness (QED) is 0.312. The molecule has 3 aromatic rings. The van der Waals surface area contributed by atoms with Crippen LogP contribution < -0.4 is 4.74 Å². The topological polar surface area (TPSA) is 48.3 Å². The molecule has 1 aliphatic heterocycles. The third kappa shape index (κ3) is 4.03. The van der Waals surface area contributed by atoms with Crippen molar-refractivity contribution in [1.29, 1.82) is 0 Å². The van der Waals surface area contributed by atoms with Crippen molar-refractivity contribution >= 4 is 22.5 Å². The Labute approximate surface area is 226 Å². The Balaban J connectivity index is 1.63. The Kier molecular flexibility index (Phi) is 6.09. The number of ether oxygens (including phenoxy) is 1. The molecule has 0 bridgehead atoms. The number of Topliss-reactive ketones (excluding diaryl/α,β-unsaturated/α-hetero) is 2. The molecule has 1 aromatic heterocycles. The fourth-order valence-electron chi connectivity index (χ4n) is 7.48. The van der Waals surface area contributed by atoms with Crippen molar-refractivity contribution in [3.8, 4) is 17.0 Å². The number of nitrogens with zero attached hydrogens (tertiary/aromatic N) is 1. The first-order valence-electron chi connectivity index (χ1n) is 14.6. The smallest absolute Gasteiger partial charge is 0.163 e. The summed E-state index contributed by atoms with van der Waals surface area (Å²) < 4.78 is 8.10. The van der Waals surface area contributed by atoms with Gasteiger partial charge in [0.2, 0.25) is 0 Å². The Morgan fingerprint density at radius 3 is 2.50 bits per heavy atom. The zero-order valence-corrected chi connectivity index (χ0v) is 23.7. The molecule has 2 aliphatic carbocycles. The summed E-state index contributed by atoms with van der Waals surface area (Å²) in [6.07, 6.45) is 8.18. The molecule has 2 unspecified atom stereocenters. The molecule has 3 aliphatic rings. The molecule has 6 rings (SSSR count). The number of carbonyl (C=O) groups is 2. The van der Waals surface area contributed by atoms with Gasteiger partial charge in [-0.25, -0.2) is 0 Å². The molecule has 2 saturated carbocycles. The van der Waals surface area contributed by atoms with Gasteiger partial charge in [-0.3, -0.25) is 9.59 Å². The number of methoxy groups -OCH3 is 1. The van der Waals surface area contributed by atoms with Crippen LogP contribution in [0.4, 0.5) is 0 Å². The van der Waals surface area contributed by atoms with Crippen LogP contribution in [0.1, 0.15) is 112 Å². The van der Waals surface area contributed by atoms with Gasteiger partial charge in [0.25, 0.3) is 0 Å². The van der Waals surface area contributed by atoms with Gasteiger partial charge >= 0.3 is 0 Å². The van der Waals surface area contributed by atoms with Crippen molar-refractivity contribution in [2.45, 2.75) is 97.4 Å². The van der Waals surface area contributed by atoms with Crippen LogP contribution in [0, 0.1) is 10.8 Å². The molecular formula is C34H41NO3. The highest BCUT2D eigenvalue weighted by molar-refractivity contribution is 6.03. The van der Waals surface area contributed by atoms with E-state index in [-0.39, 0.29) is 22.5 Å². The first kappa shape index (κ1) is 25.4. The summed E-state index contributed by atoms with van der Waals surface area (Å²) in [5, 5.41) is 1.26. The van der Waals surface area contributed by atoms with Crippen LogP contribution in [0.3, 0.4) is 0 Å². The molecule has 0 saturated heterocycles. The number of benzene rings is 2. The van der Waals surface area contributed by atoms with Crippen molar-refractivity contribution in [1.82, 2.24) is 4.57 Å². The van der Waals surface area contributed by atoms with Crippen LogP contribution >= 0.6 is 0 Å². The molecular weight excluding hydrogens is 470 g/mol. The van der Waals surface area contributed by atoms with E-state index < -0.39 is 0 Å². The third-order valence-corrected chi connectivity index (χ3v) is 9.41. The van der Waals surface area contributed by atoms with Gasteiger partial charge in [0.15, 0.2) is 5.78 Å². The van der Waals surface area contributed by atoms with Crippen LogP contribution in [-0.4, -0.2) is 23.2 Å². The number of hydrogen-bond acceptors (Lipinski definition) is 3. The maximum Gasteiger partial charge on any atom is 0.163 e. The van der Waals surface area contributed by atoms with Crippen molar-refractivity contribution in [3.05, 3.63) is 53.1 Å². The Morgan fingerprint density at radius 2 is 1.82 bits per heavy atom. The summed E-state index contributed by atoms with van der Waals surface area (Å²) in [7, 11) is 1.72. The summed E-state index contributed by atoms with van der Waals surface area (Å²) in [6, 6.07) is 12.9. The second kappa shape index (κ2) is 9.10. The van der Waals surface area contributed by atoms with E-state index >= 15 is 0 Å². The monoisotopic (exact) mass is 511 g/mol. The van der Waals surface area contributed by atoms with Crippen LogP contribution in [0.15, 0.2) is 36.4 Å². The highest BCUT2D eigenvalue weighted by atomic mass is 16.5. The number of fused-ring (bicyclic) bond motifs is 7. The molecule has 0 amide bonds. The van der Waals surface area contributed by atoms with Crippen molar-refractivity contribution < 1.29 is 14.3 Å². The normalized spacial score (nSPS) is 22.8. The third-order valence-electron chi connectivity index (χ3n) is 9.41. The van der Waals surface area contributed by atoms with Gasteiger partial charge in [-0.2, -0.15) is 0 Å². The second-order valence-electron chi connectivity index (χ2n) is 13.2. The summed E-state index contributed by atoms with van der Waals surface area (Å²) in [6.45, 7) is 9.04. The number of hydrogen-bond donors (Lipinski definition) is 0. The SMILES string of the molecule is CCC(=O)C12CC1c1cc(OC)ccc1-c1c(C3CCCCC3)c3ccc(C(=O)CC(C)(C)C)cc3n1C2. The Morgan fingerprint density at radius 1 is 1.05 bits per heavy atom. The van der Waals surface area contributed by atoms with Gasteiger partial charge in [-0.05, 0) is 66.0 Å². The molecule has 4 nitrogen and oxygen atoms in total. The van der Waals surface area contributed by atoms with E-state index in [2.05, 4.69) is 55.7 Å². The number of carbonyl (C=O) groups excluding carboxylic acids is 2. The lowest BCUT2D eigenvalue weighted by atomic mass is 9.81. The molecule has 2 heterocycles. The molecule has 0 N–H and O–H groups in total. The lowest BCUT2D eigenvalue weighted by Crippen LogP contribution is -2.22. The van der Waals surface area contributed by atoms with Gasteiger partial charge in [0.05, 0.1) is 18.2 Å². The van der Waals surface area contributed by atoms with Crippen LogP contribution in [0.25, 0.3) is 22.2 Å². The number of rotatable bonds is 6. The van der Waals surface area contributed by atoms with Crippen LogP contribution in [0.5, 0.6) is 5.75 Å². The fourth-order valence-corrected chi connectivity index (χ4v) is 7.48. The molecule has 2 atom stereocenters. The molecule has 4 heteroatoms. The summed E-state index contributed by atoms with van der Waals surface area (Å²) in [4.78, 5) is 26.9. The highest BCUT2D eigenvalue weighted by Gasteiger charge is 2.61. The molecule has 0 radical (unpaired) electrons. The van der Waals surface area contributed by atoms with E-state index in [1.807, 2.05) is 13.0 Å². The summed E-state index contributed by atoms with van der Waals surface area (Å²) in [5.74, 6) is 2.12. The first-order valence-corrected chi connectivity index (χ1v) is 14.6. The van der Waals surface area contributed by atoms with Gasteiger partial charge in [-0.15, -0.1) is 0 Å². The Bertz CT molecular complexity index is 1430. The largest absolute Gasteiger partial charge is 0.497 e. The van der Waals surface area contributed by atoms with Gasteiger partial charge < -0.3 is 9.30 Å². The van der Waals surface area contributed by atoms with Gasteiger partial charge in [-0.1, -0.05) is 59.1 Å². The average Bonchev–Trinajstić information content (AvgIpc) is 3.57. The maximum absolute atomic E-state index is 13.5. The van der Waals surface area contributed by atoms with E-state index in [0.717, 1.165) is 23.3 Å². The van der Waals surface area contributed by atoms with E-state index in [9.17, 15) is 9.59 Å². The zero-order chi connectivity index (χ0) is 26.8.